The zero-order chi connectivity index (χ0) is 16.8. The van der Waals surface area contributed by atoms with E-state index in [2.05, 4.69) is 15.3 Å². The quantitative estimate of drug-likeness (QED) is 0.585. The molecule has 1 aromatic carbocycles. The highest BCUT2D eigenvalue weighted by molar-refractivity contribution is 5.98. The highest BCUT2D eigenvalue weighted by Gasteiger charge is 2.09. The first-order valence-electron chi connectivity index (χ1n) is 8.25. The summed E-state index contributed by atoms with van der Waals surface area (Å²) in [5.41, 5.74) is 9.51. The van der Waals surface area contributed by atoms with Gasteiger partial charge >= 0.3 is 0 Å². The van der Waals surface area contributed by atoms with Crippen molar-refractivity contribution in [2.24, 2.45) is 5.73 Å². The van der Waals surface area contributed by atoms with Gasteiger partial charge in [0.25, 0.3) is 5.91 Å². The Labute approximate surface area is 141 Å². The number of benzene rings is 1. The molecule has 24 heavy (non-hydrogen) atoms. The van der Waals surface area contributed by atoms with E-state index in [1.807, 2.05) is 36.5 Å². The summed E-state index contributed by atoms with van der Waals surface area (Å²) in [5, 5.41) is 4.05. The molecule has 2 heterocycles. The Morgan fingerprint density at radius 3 is 2.96 bits per heavy atom. The monoisotopic (exact) mass is 322 g/mol. The van der Waals surface area contributed by atoms with Crippen LogP contribution in [0.4, 0.5) is 0 Å². The van der Waals surface area contributed by atoms with Crippen molar-refractivity contribution in [2.75, 3.05) is 6.54 Å². The van der Waals surface area contributed by atoms with E-state index in [9.17, 15) is 4.79 Å². The molecule has 0 aliphatic rings. The van der Waals surface area contributed by atoms with Gasteiger partial charge in [-0.05, 0) is 61.2 Å². The average molecular weight is 322 g/mol. The van der Waals surface area contributed by atoms with Gasteiger partial charge in [0.05, 0.1) is 0 Å². The highest BCUT2D eigenvalue weighted by Crippen LogP contribution is 2.21. The second-order valence-corrected chi connectivity index (χ2v) is 5.86. The summed E-state index contributed by atoms with van der Waals surface area (Å²) in [6, 6.07) is 9.57. The maximum Gasteiger partial charge on any atom is 0.251 e. The van der Waals surface area contributed by atoms with Crippen LogP contribution in [0.15, 0.2) is 48.9 Å². The lowest BCUT2D eigenvalue weighted by molar-refractivity contribution is 0.0951. The third-order valence-electron chi connectivity index (χ3n) is 4.11. The van der Waals surface area contributed by atoms with Crippen molar-refractivity contribution >= 4 is 16.8 Å². The van der Waals surface area contributed by atoms with Crippen LogP contribution >= 0.6 is 0 Å². The van der Waals surface area contributed by atoms with Crippen LogP contribution in [0.1, 0.15) is 34.3 Å². The fraction of sp³-hybridized carbons (Fsp3) is 0.263. The van der Waals surface area contributed by atoms with E-state index < -0.39 is 0 Å². The number of aromatic amines is 1. The maximum atomic E-state index is 12.4. The first-order valence-corrected chi connectivity index (χ1v) is 8.25. The van der Waals surface area contributed by atoms with E-state index in [1.54, 1.807) is 12.4 Å². The lowest BCUT2D eigenvalue weighted by Gasteiger charge is -2.06. The molecule has 5 nitrogen and oxygen atoms in total. The van der Waals surface area contributed by atoms with Crippen molar-refractivity contribution in [3.05, 3.63) is 65.6 Å². The fourth-order valence-corrected chi connectivity index (χ4v) is 2.77. The van der Waals surface area contributed by atoms with Crippen LogP contribution in [0, 0.1) is 0 Å². The van der Waals surface area contributed by atoms with Gasteiger partial charge in [-0.15, -0.1) is 0 Å². The zero-order valence-electron chi connectivity index (χ0n) is 13.6. The van der Waals surface area contributed by atoms with Crippen LogP contribution in [0.2, 0.25) is 0 Å². The van der Waals surface area contributed by atoms with E-state index >= 15 is 0 Å². The third-order valence-corrected chi connectivity index (χ3v) is 4.11. The van der Waals surface area contributed by atoms with Crippen LogP contribution in [0.3, 0.4) is 0 Å². The van der Waals surface area contributed by atoms with E-state index in [0.29, 0.717) is 18.7 Å². The minimum atomic E-state index is -0.0742. The molecule has 3 aromatic rings. The van der Waals surface area contributed by atoms with Gasteiger partial charge in [0.1, 0.15) is 0 Å². The number of amides is 1. The molecule has 0 bridgehead atoms. The number of nitrogens with zero attached hydrogens (tertiary/aromatic N) is 1. The third kappa shape index (κ3) is 3.81. The van der Waals surface area contributed by atoms with Gasteiger partial charge < -0.3 is 16.0 Å². The lowest BCUT2D eigenvalue weighted by atomic mass is 10.0. The summed E-state index contributed by atoms with van der Waals surface area (Å²) in [7, 11) is 0. The molecule has 0 saturated heterocycles. The Kier molecular flexibility index (Phi) is 5.23. The number of nitrogens with two attached hydrogens (primary N) is 1. The predicted molar refractivity (Wildman–Crippen MR) is 95.7 cm³/mol. The van der Waals surface area contributed by atoms with E-state index in [-0.39, 0.29) is 5.91 Å². The Morgan fingerprint density at radius 1 is 1.25 bits per heavy atom. The molecule has 0 saturated carbocycles. The Balaban J connectivity index is 1.71. The summed E-state index contributed by atoms with van der Waals surface area (Å²) < 4.78 is 0. The molecular formula is C19H22N4O. The van der Waals surface area contributed by atoms with Crippen molar-refractivity contribution in [1.29, 1.82) is 0 Å². The Hall–Kier alpha value is -2.66. The molecule has 0 aliphatic heterocycles. The summed E-state index contributed by atoms with van der Waals surface area (Å²) in [6.07, 6.45) is 8.54. The van der Waals surface area contributed by atoms with Crippen LogP contribution in [0.5, 0.6) is 0 Å². The van der Waals surface area contributed by atoms with Crippen molar-refractivity contribution in [3.8, 4) is 0 Å². The molecule has 0 fully saturated rings. The molecule has 3 rings (SSSR count). The summed E-state index contributed by atoms with van der Waals surface area (Å²) in [5.74, 6) is -0.0742. The molecule has 4 N–H and O–H groups in total. The smallest absolute Gasteiger partial charge is 0.251 e. The molecular weight excluding hydrogens is 300 g/mol. The van der Waals surface area contributed by atoms with Gasteiger partial charge in [-0.3, -0.25) is 9.78 Å². The molecule has 1 amide bonds. The summed E-state index contributed by atoms with van der Waals surface area (Å²) in [6.45, 7) is 1.19. The SMILES string of the molecule is NCCCCc1c[nH]c2ccc(C(=O)NCc3cccnc3)cc12. The molecule has 0 atom stereocenters. The van der Waals surface area contributed by atoms with Crippen molar-refractivity contribution in [1.82, 2.24) is 15.3 Å². The van der Waals surface area contributed by atoms with E-state index in [0.717, 1.165) is 35.7 Å². The molecule has 0 spiro atoms. The maximum absolute atomic E-state index is 12.4. The highest BCUT2D eigenvalue weighted by atomic mass is 16.1. The number of aryl methyl sites for hydroxylation is 1. The van der Waals surface area contributed by atoms with E-state index in [1.165, 1.54) is 5.56 Å². The van der Waals surface area contributed by atoms with Crippen LogP contribution in [-0.4, -0.2) is 22.4 Å². The van der Waals surface area contributed by atoms with Crippen molar-refractivity contribution in [3.63, 3.8) is 0 Å². The fourth-order valence-electron chi connectivity index (χ4n) is 2.77. The number of pyridine rings is 1. The van der Waals surface area contributed by atoms with Crippen LogP contribution < -0.4 is 11.1 Å². The normalized spacial score (nSPS) is 10.9. The number of unbranched alkanes of at least 4 members (excludes halogenated alkanes) is 1. The lowest BCUT2D eigenvalue weighted by Crippen LogP contribution is -2.22. The standard InChI is InChI=1S/C19H22N4O/c20-8-2-1-5-16-13-22-18-7-6-15(10-17(16)18)19(24)23-12-14-4-3-9-21-11-14/h3-4,6-7,9-11,13,22H,1-2,5,8,12,20H2,(H,23,24). The molecule has 0 unspecified atom stereocenters. The van der Waals surface area contributed by atoms with Gasteiger partial charge in [0.2, 0.25) is 0 Å². The second-order valence-electron chi connectivity index (χ2n) is 5.86. The number of fused-ring (bicyclic) bond motifs is 1. The van der Waals surface area contributed by atoms with Gasteiger partial charge in [0, 0.05) is 41.6 Å². The summed E-state index contributed by atoms with van der Waals surface area (Å²) >= 11 is 0. The molecule has 2 aromatic heterocycles. The van der Waals surface area contributed by atoms with Gasteiger partial charge in [-0.25, -0.2) is 0 Å². The first-order chi connectivity index (χ1) is 11.8. The van der Waals surface area contributed by atoms with Gasteiger partial charge in [-0.2, -0.15) is 0 Å². The molecule has 124 valence electrons. The van der Waals surface area contributed by atoms with E-state index in [4.69, 9.17) is 5.73 Å². The number of hydrogen-bond donors (Lipinski definition) is 3. The Bertz CT molecular complexity index is 811. The number of carbonyl (C=O) groups excluding carboxylic acids is 1. The molecule has 0 radical (unpaired) electrons. The molecule has 0 aliphatic carbocycles. The van der Waals surface area contributed by atoms with Gasteiger partial charge in [-0.1, -0.05) is 6.07 Å². The Morgan fingerprint density at radius 2 is 2.17 bits per heavy atom. The van der Waals surface area contributed by atoms with Crippen LogP contribution in [-0.2, 0) is 13.0 Å². The minimum absolute atomic E-state index is 0.0742. The average Bonchev–Trinajstić information content (AvgIpc) is 3.03. The topological polar surface area (TPSA) is 83.8 Å². The number of rotatable bonds is 7. The number of H-pyrrole nitrogens is 1. The number of aromatic nitrogens is 2. The molecule has 5 heteroatoms. The number of hydrogen-bond acceptors (Lipinski definition) is 3. The van der Waals surface area contributed by atoms with Crippen molar-refractivity contribution < 1.29 is 4.79 Å². The second kappa shape index (κ2) is 7.75. The number of nitrogens with one attached hydrogen (secondary N) is 2. The largest absolute Gasteiger partial charge is 0.361 e. The number of carbonyl (C=O) groups is 1. The van der Waals surface area contributed by atoms with Gasteiger partial charge in [0.15, 0.2) is 0 Å². The van der Waals surface area contributed by atoms with Crippen molar-refractivity contribution in [2.45, 2.75) is 25.8 Å². The zero-order valence-corrected chi connectivity index (χ0v) is 13.6. The minimum Gasteiger partial charge on any atom is -0.361 e. The van der Waals surface area contributed by atoms with Crippen LogP contribution in [0.25, 0.3) is 10.9 Å². The summed E-state index contributed by atoms with van der Waals surface area (Å²) in [4.78, 5) is 19.7. The predicted octanol–water partition coefficient (Wildman–Crippen LogP) is 2.77. The first kappa shape index (κ1) is 16.2.